The van der Waals surface area contributed by atoms with Crippen molar-refractivity contribution in [2.75, 3.05) is 13.7 Å². The molecule has 1 unspecified atom stereocenters. The molecule has 8 heteroatoms. The second-order valence-corrected chi connectivity index (χ2v) is 8.67. The van der Waals surface area contributed by atoms with Crippen LogP contribution in [0.2, 0.25) is 0 Å². The van der Waals surface area contributed by atoms with Gasteiger partial charge in [-0.3, -0.25) is 14.5 Å². The third-order valence-electron chi connectivity index (χ3n) is 4.31. The number of halogens is 1. The van der Waals surface area contributed by atoms with Crippen LogP contribution in [0.5, 0.6) is 0 Å². The third kappa shape index (κ3) is 3.34. The molecule has 6 nitrogen and oxygen atoms in total. The summed E-state index contributed by atoms with van der Waals surface area (Å²) in [6.07, 6.45) is 3.64. The number of imide groups is 2. The molecule has 2 heterocycles. The van der Waals surface area contributed by atoms with Crippen LogP contribution in [0, 0.1) is 0 Å². The zero-order valence-electron chi connectivity index (χ0n) is 12.9. The van der Waals surface area contributed by atoms with E-state index in [1.807, 2.05) is 19.2 Å². The molecule has 0 bridgehead atoms. The maximum atomic E-state index is 12.5. The van der Waals surface area contributed by atoms with Crippen molar-refractivity contribution < 1.29 is 19.3 Å². The molecule has 4 amide bonds. The fraction of sp³-hybridized carbons (Fsp3) is 0.533. The van der Waals surface area contributed by atoms with Gasteiger partial charge in [-0.05, 0) is 40.9 Å². The standard InChI is InChI=1S/C15H18BrN3O3S/c1-17(8-11-6-7-12(16)23-11)9-18-13(20)14(21)19(15(18)22)10-4-2-3-5-10/h6-7,10H,2-5,8-9H2,1H3/p+1. The first kappa shape index (κ1) is 16.6. The maximum Gasteiger partial charge on any atom is 0.338 e. The smallest absolute Gasteiger partial charge is 0.315 e. The van der Waals surface area contributed by atoms with Crippen LogP contribution in [0.15, 0.2) is 15.9 Å². The molecule has 2 fully saturated rings. The van der Waals surface area contributed by atoms with Crippen LogP contribution in [0.3, 0.4) is 0 Å². The molecular formula is C15H19BrN3O3S+. The molecule has 2 aliphatic rings. The van der Waals surface area contributed by atoms with Crippen LogP contribution >= 0.6 is 27.3 Å². The minimum atomic E-state index is -0.686. The highest BCUT2D eigenvalue weighted by Gasteiger charge is 2.49. The van der Waals surface area contributed by atoms with Gasteiger partial charge in [0, 0.05) is 6.04 Å². The number of carbonyl (C=O) groups excluding carboxylic acids is 3. The second-order valence-electron chi connectivity index (χ2n) is 6.13. The van der Waals surface area contributed by atoms with E-state index >= 15 is 0 Å². The molecule has 1 saturated heterocycles. The lowest BCUT2D eigenvalue weighted by molar-refractivity contribution is -0.900. The molecule has 1 saturated carbocycles. The number of rotatable bonds is 5. The molecule has 124 valence electrons. The number of hydrogen-bond acceptors (Lipinski definition) is 4. The van der Waals surface area contributed by atoms with Crippen molar-refractivity contribution in [1.82, 2.24) is 9.80 Å². The van der Waals surface area contributed by atoms with Gasteiger partial charge in [0.25, 0.3) is 0 Å². The summed E-state index contributed by atoms with van der Waals surface area (Å²) in [5, 5.41) is 0. The van der Waals surface area contributed by atoms with Crippen LogP contribution in [-0.2, 0) is 16.1 Å². The summed E-state index contributed by atoms with van der Waals surface area (Å²) in [7, 11) is 1.91. The molecule has 1 atom stereocenters. The van der Waals surface area contributed by atoms with Crippen LogP contribution in [0.1, 0.15) is 30.6 Å². The molecule has 0 aromatic carbocycles. The van der Waals surface area contributed by atoms with E-state index in [0.717, 1.165) is 44.1 Å². The van der Waals surface area contributed by atoms with Gasteiger partial charge < -0.3 is 4.90 Å². The topological polar surface area (TPSA) is 62.1 Å². The average Bonchev–Trinajstić information content (AvgIpc) is 3.19. The van der Waals surface area contributed by atoms with Crippen LogP contribution < -0.4 is 4.90 Å². The van der Waals surface area contributed by atoms with Crippen molar-refractivity contribution in [3.8, 4) is 0 Å². The van der Waals surface area contributed by atoms with E-state index < -0.39 is 17.8 Å². The predicted octanol–water partition coefficient (Wildman–Crippen LogP) is 1.22. The van der Waals surface area contributed by atoms with Crippen LogP contribution in [-0.4, -0.2) is 47.4 Å². The number of thiophene rings is 1. The average molecular weight is 401 g/mol. The lowest BCUT2D eigenvalue weighted by atomic mass is 10.2. The van der Waals surface area contributed by atoms with Gasteiger partial charge in [0.05, 0.1) is 15.7 Å². The van der Waals surface area contributed by atoms with Crippen molar-refractivity contribution in [1.29, 1.82) is 0 Å². The largest absolute Gasteiger partial charge is 0.338 e. The molecule has 1 aliphatic carbocycles. The number of amides is 4. The number of carbonyl (C=O) groups is 3. The number of nitrogens with zero attached hydrogens (tertiary/aromatic N) is 2. The van der Waals surface area contributed by atoms with Crippen molar-refractivity contribution in [2.45, 2.75) is 38.3 Å². The number of quaternary nitrogens is 1. The highest BCUT2D eigenvalue weighted by Crippen LogP contribution is 2.27. The Kier molecular flexibility index (Phi) is 4.84. The van der Waals surface area contributed by atoms with Crippen molar-refractivity contribution in [2.24, 2.45) is 0 Å². The Morgan fingerprint density at radius 2 is 1.91 bits per heavy atom. The van der Waals surface area contributed by atoms with E-state index in [2.05, 4.69) is 15.9 Å². The summed E-state index contributed by atoms with van der Waals surface area (Å²) in [4.78, 5) is 41.3. The van der Waals surface area contributed by atoms with Gasteiger partial charge >= 0.3 is 17.8 Å². The predicted molar refractivity (Wildman–Crippen MR) is 88.8 cm³/mol. The van der Waals surface area contributed by atoms with Crippen LogP contribution in [0.4, 0.5) is 4.79 Å². The SMILES string of the molecule is C[NH+](Cc1ccc(Br)s1)CN1C(=O)C(=O)N(C2CCCC2)C1=O. The highest BCUT2D eigenvalue weighted by molar-refractivity contribution is 9.11. The van der Waals surface area contributed by atoms with Gasteiger partial charge in [-0.1, -0.05) is 12.8 Å². The molecule has 1 aliphatic heterocycles. The van der Waals surface area contributed by atoms with Crippen molar-refractivity contribution in [3.05, 3.63) is 20.8 Å². The summed E-state index contributed by atoms with van der Waals surface area (Å²) in [5.41, 5.74) is 0. The van der Waals surface area contributed by atoms with Crippen molar-refractivity contribution >= 4 is 45.1 Å². The maximum absolute atomic E-state index is 12.5. The Balaban J connectivity index is 1.66. The lowest BCUT2D eigenvalue weighted by Crippen LogP contribution is -3.09. The Morgan fingerprint density at radius 1 is 1.22 bits per heavy atom. The van der Waals surface area contributed by atoms with E-state index in [0.29, 0.717) is 6.54 Å². The Bertz CT molecular complexity index is 642. The Labute approximate surface area is 147 Å². The number of urea groups is 1. The molecule has 3 rings (SSSR count). The third-order valence-corrected chi connectivity index (χ3v) is 5.93. The van der Waals surface area contributed by atoms with E-state index in [4.69, 9.17) is 0 Å². The van der Waals surface area contributed by atoms with Gasteiger partial charge in [-0.15, -0.1) is 11.3 Å². The number of hydrogen-bond donors (Lipinski definition) is 1. The summed E-state index contributed by atoms with van der Waals surface area (Å²) >= 11 is 5.05. The van der Waals surface area contributed by atoms with Gasteiger partial charge in [0.1, 0.15) is 6.54 Å². The number of nitrogens with one attached hydrogen (secondary N) is 1. The molecule has 23 heavy (non-hydrogen) atoms. The molecule has 1 N–H and O–H groups in total. The zero-order valence-corrected chi connectivity index (χ0v) is 15.3. The van der Waals surface area contributed by atoms with E-state index in [1.54, 1.807) is 11.3 Å². The van der Waals surface area contributed by atoms with Gasteiger partial charge in [0.2, 0.25) is 0 Å². The van der Waals surface area contributed by atoms with Gasteiger partial charge in [-0.25, -0.2) is 9.69 Å². The normalized spacial score (nSPS) is 20.9. The first-order valence-electron chi connectivity index (χ1n) is 7.72. The van der Waals surface area contributed by atoms with E-state index in [1.165, 1.54) is 4.90 Å². The Morgan fingerprint density at radius 3 is 2.52 bits per heavy atom. The quantitative estimate of drug-likeness (QED) is 0.596. The van der Waals surface area contributed by atoms with E-state index in [9.17, 15) is 14.4 Å². The highest BCUT2D eigenvalue weighted by atomic mass is 79.9. The summed E-state index contributed by atoms with van der Waals surface area (Å²) in [6.45, 7) is 0.910. The lowest BCUT2D eigenvalue weighted by Gasteiger charge is -2.22. The van der Waals surface area contributed by atoms with E-state index in [-0.39, 0.29) is 12.7 Å². The molecule has 0 radical (unpaired) electrons. The second kappa shape index (κ2) is 6.70. The monoisotopic (exact) mass is 400 g/mol. The molecular weight excluding hydrogens is 382 g/mol. The molecule has 0 spiro atoms. The van der Waals surface area contributed by atoms with Gasteiger partial charge in [-0.2, -0.15) is 0 Å². The zero-order chi connectivity index (χ0) is 16.6. The summed E-state index contributed by atoms with van der Waals surface area (Å²) in [6, 6.07) is 3.45. The molecule has 1 aromatic heterocycles. The minimum Gasteiger partial charge on any atom is -0.315 e. The minimum absolute atomic E-state index is 0.0995. The first-order chi connectivity index (χ1) is 11.0. The summed E-state index contributed by atoms with van der Waals surface area (Å²) in [5.74, 6) is -1.35. The Hall–Kier alpha value is -1.25. The first-order valence-corrected chi connectivity index (χ1v) is 9.33. The fourth-order valence-electron chi connectivity index (χ4n) is 3.22. The summed E-state index contributed by atoms with van der Waals surface area (Å²) < 4.78 is 1.05. The van der Waals surface area contributed by atoms with Crippen LogP contribution in [0.25, 0.3) is 0 Å². The van der Waals surface area contributed by atoms with Crippen molar-refractivity contribution in [3.63, 3.8) is 0 Å². The molecule has 1 aromatic rings. The van der Waals surface area contributed by atoms with Gasteiger partial charge in [0.15, 0.2) is 6.67 Å². The fourth-order valence-corrected chi connectivity index (χ4v) is 4.81.